The zero-order valence-corrected chi connectivity index (χ0v) is 12.9. The number of amides is 1. The summed E-state index contributed by atoms with van der Waals surface area (Å²) in [6.07, 6.45) is 0.437. The lowest BCUT2D eigenvalue weighted by molar-refractivity contribution is 0.0218. The standard InChI is InChI=1S/C15H21ClN2O2/c1-15(2,3)20-14(19)18-8-7-12(17)13(18)10-5-4-6-11(16)9-10/h4-6,9,12-13H,7-8,17H2,1-3H3/t12-,13-/m1/s1. The van der Waals surface area contributed by atoms with Crippen LogP contribution >= 0.6 is 11.6 Å². The number of nitrogens with zero attached hydrogens (tertiary/aromatic N) is 1. The van der Waals surface area contributed by atoms with Crippen molar-refractivity contribution in [2.45, 2.75) is 44.9 Å². The van der Waals surface area contributed by atoms with Gasteiger partial charge in [0.15, 0.2) is 0 Å². The highest BCUT2D eigenvalue weighted by Gasteiger charge is 2.38. The number of rotatable bonds is 1. The molecule has 110 valence electrons. The molecule has 0 aliphatic carbocycles. The molecule has 2 N–H and O–H groups in total. The Morgan fingerprint density at radius 1 is 1.45 bits per heavy atom. The fourth-order valence-corrected chi connectivity index (χ4v) is 2.66. The molecule has 2 atom stereocenters. The molecule has 1 fully saturated rings. The van der Waals surface area contributed by atoms with Gasteiger partial charge in [-0.25, -0.2) is 4.79 Å². The second kappa shape index (κ2) is 5.62. The van der Waals surface area contributed by atoms with Crippen molar-refractivity contribution in [3.05, 3.63) is 34.9 Å². The fraction of sp³-hybridized carbons (Fsp3) is 0.533. The van der Waals surface area contributed by atoms with Crippen molar-refractivity contribution in [3.63, 3.8) is 0 Å². The van der Waals surface area contributed by atoms with Gasteiger partial charge in [0, 0.05) is 17.6 Å². The first-order valence-electron chi connectivity index (χ1n) is 6.78. The monoisotopic (exact) mass is 296 g/mol. The molecule has 2 rings (SSSR count). The van der Waals surface area contributed by atoms with Crippen molar-refractivity contribution in [1.82, 2.24) is 4.90 Å². The lowest BCUT2D eigenvalue weighted by Gasteiger charge is -2.30. The van der Waals surface area contributed by atoms with E-state index in [2.05, 4.69) is 0 Å². The second-order valence-electron chi connectivity index (χ2n) is 6.13. The maximum atomic E-state index is 12.3. The number of likely N-dealkylation sites (tertiary alicyclic amines) is 1. The van der Waals surface area contributed by atoms with Gasteiger partial charge in [0.25, 0.3) is 0 Å². The third kappa shape index (κ3) is 3.44. The molecule has 4 nitrogen and oxygen atoms in total. The van der Waals surface area contributed by atoms with Gasteiger partial charge in [-0.1, -0.05) is 23.7 Å². The van der Waals surface area contributed by atoms with E-state index in [1.807, 2.05) is 45.0 Å². The Hall–Kier alpha value is -1.26. The summed E-state index contributed by atoms with van der Waals surface area (Å²) in [7, 11) is 0. The average molecular weight is 297 g/mol. The van der Waals surface area contributed by atoms with E-state index in [9.17, 15) is 4.79 Å². The van der Waals surface area contributed by atoms with Crippen LogP contribution in [0.5, 0.6) is 0 Å². The highest BCUT2D eigenvalue weighted by atomic mass is 35.5. The van der Waals surface area contributed by atoms with Crippen molar-refractivity contribution in [3.8, 4) is 0 Å². The maximum absolute atomic E-state index is 12.3. The summed E-state index contributed by atoms with van der Waals surface area (Å²) in [5, 5.41) is 0.644. The van der Waals surface area contributed by atoms with Gasteiger partial charge in [-0.15, -0.1) is 0 Å². The molecule has 0 saturated carbocycles. The average Bonchev–Trinajstić information content (AvgIpc) is 2.69. The second-order valence-corrected chi connectivity index (χ2v) is 6.56. The number of hydrogen-bond acceptors (Lipinski definition) is 3. The zero-order chi connectivity index (χ0) is 14.9. The Bertz CT molecular complexity index is 499. The Balaban J connectivity index is 2.23. The van der Waals surface area contributed by atoms with E-state index >= 15 is 0 Å². The van der Waals surface area contributed by atoms with E-state index in [4.69, 9.17) is 22.1 Å². The van der Waals surface area contributed by atoms with E-state index in [1.165, 1.54) is 0 Å². The van der Waals surface area contributed by atoms with Crippen molar-refractivity contribution >= 4 is 17.7 Å². The predicted octanol–water partition coefficient (Wildman–Crippen LogP) is 3.35. The number of ether oxygens (including phenoxy) is 1. The molecule has 0 spiro atoms. The summed E-state index contributed by atoms with van der Waals surface area (Å²) in [5.41, 5.74) is 6.60. The predicted molar refractivity (Wildman–Crippen MR) is 79.7 cm³/mol. The van der Waals surface area contributed by atoms with Crippen LogP contribution < -0.4 is 5.73 Å². The SMILES string of the molecule is CC(C)(C)OC(=O)N1CC[C@@H](N)[C@H]1c1cccc(Cl)c1. The molecule has 1 saturated heterocycles. The Morgan fingerprint density at radius 2 is 2.15 bits per heavy atom. The van der Waals surface area contributed by atoms with Crippen molar-refractivity contribution in [2.75, 3.05) is 6.54 Å². The Morgan fingerprint density at radius 3 is 2.75 bits per heavy atom. The van der Waals surface area contributed by atoms with E-state index in [-0.39, 0.29) is 18.2 Å². The normalized spacial score (nSPS) is 22.9. The van der Waals surface area contributed by atoms with E-state index in [1.54, 1.807) is 4.90 Å². The highest BCUT2D eigenvalue weighted by molar-refractivity contribution is 6.30. The van der Waals surface area contributed by atoms with Crippen molar-refractivity contribution < 1.29 is 9.53 Å². The topological polar surface area (TPSA) is 55.6 Å². The van der Waals surface area contributed by atoms with Crippen LogP contribution in [0.2, 0.25) is 5.02 Å². The molecule has 1 heterocycles. The molecule has 1 amide bonds. The van der Waals surface area contributed by atoms with Crippen LogP contribution in [-0.2, 0) is 4.74 Å². The van der Waals surface area contributed by atoms with Crippen LogP contribution in [0.25, 0.3) is 0 Å². The molecule has 1 aromatic carbocycles. The fourth-order valence-electron chi connectivity index (χ4n) is 2.46. The molecule has 0 aromatic heterocycles. The molecule has 5 heteroatoms. The van der Waals surface area contributed by atoms with Crippen LogP contribution in [0.3, 0.4) is 0 Å². The van der Waals surface area contributed by atoms with Crippen LogP contribution in [0.4, 0.5) is 4.79 Å². The quantitative estimate of drug-likeness (QED) is 0.864. The lowest BCUT2D eigenvalue weighted by atomic mass is 10.0. The van der Waals surface area contributed by atoms with E-state index in [0.717, 1.165) is 12.0 Å². The van der Waals surface area contributed by atoms with Gasteiger partial charge in [-0.3, -0.25) is 4.90 Å². The van der Waals surface area contributed by atoms with Gasteiger partial charge in [0.2, 0.25) is 0 Å². The van der Waals surface area contributed by atoms with E-state index in [0.29, 0.717) is 11.6 Å². The van der Waals surface area contributed by atoms with Crippen LogP contribution in [-0.4, -0.2) is 29.2 Å². The highest BCUT2D eigenvalue weighted by Crippen LogP contribution is 2.33. The molecular weight excluding hydrogens is 276 g/mol. The molecule has 1 aliphatic heterocycles. The van der Waals surface area contributed by atoms with E-state index < -0.39 is 5.60 Å². The Labute approximate surface area is 124 Å². The van der Waals surface area contributed by atoms with Gasteiger partial charge in [-0.05, 0) is 44.9 Å². The van der Waals surface area contributed by atoms with Crippen LogP contribution in [0.1, 0.15) is 38.8 Å². The number of carbonyl (C=O) groups is 1. The third-order valence-corrected chi connectivity index (χ3v) is 3.50. The number of halogens is 1. The van der Waals surface area contributed by atoms with Gasteiger partial charge in [0.1, 0.15) is 5.60 Å². The largest absolute Gasteiger partial charge is 0.444 e. The first-order chi connectivity index (χ1) is 9.28. The van der Waals surface area contributed by atoms with Crippen LogP contribution in [0.15, 0.2) is 24.3 Å². The molecule has 1 aliphatic rings. The van der Waals surface area contributed by atoms with Crippen LogP contribution in [0, 0.1) is 0 Å². The van der Waals surface area contributed by atoms with Gasteiger partial charge in [0.05, 0.1) is 6.04 Å². The maximum Gasteiger partial charge on any atom is 0.410 e. The molecule has 0 unspecified atom stereocenters. The lowest BCUT2D eigenvalue weighted by Crippen LogP contribution is -2.39. The summed E-state index contributed by atoms with van der Waals surface area (Å²) in [6, 6.07) is 7.21. The summed E-state index contributed by atoms with van der Waals surface area (Å²) < 4.78 is 5.45. The van der Waals surface area contributed by atoms with Crippen molar-refractivity contribution in [1.29, 1.82) is 0 Å². The molecule has 1 aromatic rings. The first kappa shape index (κ1) is 15.1. The Kier molecular flexibility index (Phi) is 4.25. The number of hydrogen-bond donors (Lipinski definition) is 1. The minimum atomic E-state index is -0.511. The first-order valence-corrected chi connectivity index (χ1v) is 7.16. The zero-order valence-electron chi connectivity index (χ0n) is 12.1. The number of benzene rings is 1. The minimum absolute atomic E-state index is 0.0963. The minimum Gasteiger partial charge on any atom is -0.444 e. The number of carbonyl (C=O) groups excluding carboxylic acids is 1. The summed E-state index contributed by atoms with van der Waals surface area (Å²) in [4.78, 5) is 14.0. The third-order valence-electron chi connectivity index (χ3n) is 3.26. The summed E-state index contributed by atoms with van der Waals surface area (Å²) in [6.45, 7) is 6.17. The van der Waals surface area contributed by atoms with Crippen molar-refractivity contribution in [2.24, 2.45) is 5.73 Å². The smallest absolute Gasteiger partial charge is 0.410 e. The molecule has 20 heavy (non-hydrogen) atoms. The molecule has 0 bridgehead atoms. The van der Waals surface area contributed by atoms with Gasteiger partial charge < -0.3 is 10.5 Å². The van der Waals surface area contributed by atoms with Gasteiger partial charge >= 0.3 is 6.09 Å². The number of nitrogens with two attached hydrogens (primary N) is 1. The molecule has 0 radical (unpaired) electrons. The summed E-state index contributed by atoms with van der Waals surface area (Å²) in [5.74, 6) is 0. The molecular formula is C15H21ClN2O2. The summed E-state index contributed by atoms with van der Waals surface area (Å²) >= 11 is 6.03. The van der Waals surface area contributed by atoms with Gasteiger partial charge in [-0.2, -0.15) is 0 Å².